The predicted molar refractivity (Wildman–Crippen MR) is 112 cm³/mol. The zero-order valence-corrected chi connectivity index (χ0v) is 17.5. The first-order valence-electron chi connectivity index (χ1n) is 8.68. The highest BCUT2D eigenvalue weighted by Crippen LogP contribution is 2.41. The van der Waals surface area contributed by atoms with Crippen LogP contribution in [0.4, 0.5) is 0 Å². The normalized spacial score (nSPS) is 22.0. The van der Waals surface area contributed by atoms with Crippen LogP contribution in [0.15, 0.2) is 53.7 Å². The summed E-state index contributed by atoms with van der Waals surface area (Å²) in [5.74, 6) is -0.178. The molecule has 2 heterocycles. The number of hydrogen-bond donors (Lipinski definition) is 1. The van der Waals surface area contributed by atoms with Crippen LogP contribution in [0.1, 0.15) is 19.4 Å². The van der Waals surface area contributed by atoms with Gasteiger partial charge in [-0.15, -0.1) is 0 Å². The average Bonchev–Trinajstić information content (AvgIpc) is 2.98. The Morgan fingerprint density at radius 1 is 1.25 bits per heavy atom. The number of amidine groups is 1. The topological polar surface area (TPSA) is 106 Å². The molecule has 7 nitrogen and oxygen atoms in total. The molecule has 28 heavy (non-hydrogen) atoms. The van der Waals surface area contributed by atoms with Crippen molar-refractivity contribution in [2.24, 2.45) is 10.1 Å². The van der Waals surface area contributed by atoms with Crippen molar-refractivity contribution < 1.29 is 13.2 Å². The van der Waals surface area contributed by atoms with Gasteiger partial charge in [0.15, 0.2) is 9.25 Å². The van der Waals surface area contributed by atoms with Gasteiger partial charge in [0.1, 0.15) is 0 Å². The van der Waals surface area contributed by atoms with Gasteiger partial charge in [0, 0.05) is 18.8 Å². The zero-order valence-electron chi connectivity index (χ0n) is 15.9. The number of likely N-dealkylation sites (N-methyl/N-ethyl adjacent to an activating group) is 1. The molecule has 0 aliphatic carbocycles. The van der Waals surface area contributed by atoms with E-state index in [4.69, 9.17) is 5.14 Å². The average molecular weight is 419 g/mol. The number of rotatable bonds is 4. The Labute approximate surface area is 169 Å². The number of primary sulfonamides is 1. The molecule has 1 aliphatic rings. The molecule has 148 valence electrons. The Kier molecular flexibility index (Phi) is 5.60. The molecule has 9 heteroatoms. The summed E-state index contributed by atoms with van der Waals surface area (Å²) in [6, 6.07) is 12.8. The Morgan fingerprint density at radius 2 is 1.93 bits per heavy atom. The van der Waals surface area contributed by atoms with Crippen molar-refractivity contribution >= 4 is 32.9 Å². The number of aromatic nitrogens is 1. The van der Waals surface area contributed by atoms with Crippen LogP contribution in [0.5, 0.6) is 0 Å². The largest absolute Gasteiger partial charge is 0.294 e. The van der Waals surface area contributed by atoms with E-state index in [9.17, 15) is 13.2 Å². The molecule has 0 saturated carbocycles. The van der Waals surface area contributed by atoms with Crippen molar-refractivity contribution in [2.45, 2.75) is 30.4 Å². The lowest BCUT2D eigenvalue weighted by atomic mass is 10.1. The molecule has 0 fully saturated rings. The molecule has 1 aliphatic heterocycles. The van der Waals surface area contributed by atoms with Crippen LogP contribution in [0, 0.1) is 0 Å². The van der Waals surface area contributed by atoms with Crippen LogP contribution in [0.25, 0.3) is 11.3 Å². The van der Waals surface area contributed by atoms with Crippen LogP contribution in [0.2, 0.25) is 0 Å². The van der Waals surface area contributed by atoms with E-state index in [0.717, 1.165) is 28.6 Å². The molecule has 0 bridgehead atoms. The first-order valence-corrected chi connectivity index (χ1v) is 11.0. The van der Waals surface area contributed by atoms with Gasteiger partial charge in [-0.3, -0.25) is 19.7 Å². The predicted octanol–water partition coefficient (Wildman–Crippen LogP) is 2.25. The molecule has 0 spiro atoms. The molecular weight excluding hydrogens is 396 g/mol. The summed E-state index contributed by atoms with van der Waals surface area (Å²) >= 11 is 1.01. The summed E-state index contributed by atoms with van der Waals surface area (Å²) in [6.45, 7) is 3.21. The summed E-state index contributed by atoms with van der Waals surface area (Å²) < 4.78 is 22.6. The fourth-order valence-corrected chi connectivity index (χ4v) is 5.01. The second-order valence-corrected chi connectivity index (χ2v) is 10.4. The van der Waals surface area contributed by atoms with Crippen molar-refractivity contribution in [3.63, 3.8) is 0 Å². The fraction of sp³-hybridized carbons (Fsp3) is 0.316. The van der Waals surface area contributed by atoms with Crippen LogP contribution in [-0.2, 0) is 21.2 Å². The summed E-state index contributed by atoms with van der Waals surface area (Å²) in [4.78, 5) is 22.7. The standard InChI is InChI=1S/C19H22N4O3S2/c1-13-19(2,28(20,25)26)27-18(22-13)23(3)17(24)12-14-7-9-15(10-8-14)16-6-4-5-11-21-16/h4-11,13H,12H2,1-3H3,(H2,20,25,26). The zero-order chi connectivity index (χ0) is 20.5. The number of carbonyl (C=O) groups is 1. The highest BCUT2D eigenvalue weighted by atomic mass is 32.3. The quantitative estimate of drug-likeness (QED) is 0.820. The summed E-state index contributed by atoms with van der Waals surface area (Å²) in [5, 5.41) is 5.72. The maximum absolute atomic E-state index is 12.7. The number of thioether (sulfide) groups is 1. The van der Waals surface area contributed by atoms with Crippen molar-refractivity contribution in [3.8, 4) is 11.3 Å². The van der Waals surface area contributed by atoms with Crippen molar-refractivity contribution in [3.05, 3.63) is 54.2 Å². The monoisotopic (exact) mass is 418 g/mol. The number of nitrogens with two attached hydrogens (primary N) is 1. The number of carbonyl (C=O) groups excluding carboxylic acids is 1. The third-order valence-electron chi connectivity index (χ3n) is 4.85. The lowest BCUT2D eigenvalue weighted by Crippen LogP contribution is -2.43. The van der Waals surface area contributed by atoms with Crippen LogP contribution in [-0.4, -0.2) is 46.5 Å². The van der Waals surface area contributed by atoms with Crippen LogP contribution < -0.4 is 5.14 Å². The molecule has 1 aromatic heterocycles. The lowest BCUT2D eigenvalue weighted by molar-refractivity contribution is -0.125. The van der Waals surface area contributed by atoms with E-state index < -0.39 is 20.1 Å². The lowest BCUT2D eigenvalue weighted by Gasteiger charge is -2.24. The van der Waals surface area contributed by atoms with Gasteiger partial charge in [0.05, 0.1) is 18.2 Å². The number of nitrogens with zero attached hydrogens (tertiary/aromatic N) is 3. The van der Waals surface area contributed by atoms with E-state index in [1.54, 1.807) is 20.2 Å². The minimum atomic E-state index is -3.83. The Balaban J connectivity index is 1.69. The Hall–Kier alpha value is -2.23. The summed E-state index contributed by atoms with van der Waals surface area (Å²) in [7, 11) is -2.23. The molecule has 0 radical (unpaired) electrons. The molecule has 2 atom stereocenters. The Morgan fingerprint density at radius 3 is 2.46 bits per heavy atom. The first kappa shape index (κ1) is 20.5. The number of benzene rings is 1. The van der Waals surface area contributed by atoms with E-state index in [1.165, 1.54) is 11.8 Å². The van der Waals surface area contributed by atoms with Gasteiger partial charge < -0.3 is 0 Å². The second kappa shape index (κ2) is 7.65. The van der Waals surface area contributed by atoms with E-state index >= 15 is 0 Å². The fourth-order valence-electron chi connectivity index (χ4n) is 2.75. The van der Waals surface area contributed by atoms with Gasteiger partial charge in [0.25, 0.3) is 0 Å². The van der Waals surface area contributed by atoms with E-state index in [-0.39, 0.29) is 12.3 Å². The first-order chi connectivity index (χ1) is 13.1. The van der Waals surface area contributed by atoms with Gasteiger partial charge >= 0.3 is 0 Å². The van der Waals surface area contributed by atoms with E-state index in [0.29, 0.717) is 5.17 Å². The van der Waals surface area contributed by atoms with Gasteiger partial charge in [-0.1, -0.05) is 42.1 Å². The third-order valence-corrected chi connectivity index (χ3v) is 8.58. The number of pyridine rings is 1. The highest BCUT2D eigenvalue weighted by Gasteiger charge is 2.49. The summed E-state index contributed by atoms with van der Waals surface area (Å²) in [6.07, 6.45) is 1.91. The SMILES string of the molecule is CC1N=C(N(C)C(=O)Cc2ccc(-c3ccccn3)cc2)SC1(C)S(N)(=O)=O. The molecule has 1 aromatic carbocycles. The van der Waals surface area contributed by atoms with Crippen LogP contribution >= 0.6 is 11.8 Å². The Bertz CT molecular complexity index is 1010. The van der Waals surface area contributed by atoms with E-state index in [2.05, 4.69) is 9.98 Å². The van der Waals surface area contributed by atoms with Crippen LogP contribution in [0.3, 0.4) is 0 Å². The third kappa shape index (κ3) is 3.96. The second-order valence-electron chi connectivity index (χ2n) is 6.79. The highest BCUT2D eigenvalue weighted by molar-refractivity contribution is 8.23. The van der Waals surface area contributed by atoms with Crippen molar-refractivity contribution in [1.82, 2.24) is 9.88 Å². The van der Waals surface area contributed by atoms with Crippen molar-refractivity contribution in [1.29, 1.82) is 0 Å². The molecule has 3 rings (SSSR count). The van der Waals surface area contributed by atoms with Crippen molar-refractivity contribution in [2.75, 3.05) is 7.05 Å². The number of aliphatic imine (C=N–C) groups is 1. The van der Waals surface area contributed by atoms with Gasteiger partial charge in [-0.25, -0.2) is 13.6 Å². The van der Waals surface area contributed by atoms with E-state index in [1.807, 2.05) is 42.5 Å². The molecule has 2 N–H and O–H groups in total. The molecule has 1 amide bonds. The molecule has 2 aromatic rings. The van der Waals surface area contributed by atoms with Gasteiger partial charge in [0.2, 0.25) is 15.9 Å². The molecular formula is C19H22N4O3S2. The minimum absolute atomic E-state index is 0.178. The van der Waals surface area contributed by atoms with Gasteiger partial charge in [-0.2, -0.15) is 0 Å². The maximum Gasteiger partial charge on any atom is 0.232 e. The van der Waals surface area contributed by atoms with Gasteiger partial charge in [-0.05, 0) is 31.5 Å². The number of amides is 1. The minimum Gasteiger partial charge on any atom is -0.294 e. The maximum atomic E-state index is 12.7. The number of sulfonamides is 1. The summed E-state index contributed by atoms with van der Waals surface area (Å²) in [5.41, 5.74) is 2.69. The smallest absolute Gasteiger partial charge is 0.232 e. The molecule has 0 saturated heterocycles. The molecule has 2 unspecified atom stereocenters. The number of hydrogen-bond acceptors (Lipinski definition) is 6.